The van der Waals surface area contributed by atoms with E-state index in [9.17, 15) is 9.67 Å². The SMILES string of the molecule is COP(=O)(OC)[C@@H](O)/C=C(\Cl)c1ccc(Br)cc1. The van der Waals surface area contributed by atoms with Crippen LogP contribution in [0.5, 0.6) is 0 Å². The summed E-state index contributed by atoms with van der Waals surface area (Å²) in [4.78, 5) is 0. The van der Waals surface area contributed by atoms with E-state index in [2.05, 4.69) is 25.0 Å². The number of aliphatic hydroxyl groups excluding tert-OH is 1. The molecule has 4 nitrogen and oxygen atoms in total. The molecule has 0 saturated heterocycles. The number of benzene rings is 1. The molecule has 0 aliphatic carbocycles. The number of halogens is 2. The molecule has 7 heteroatoms. The molecule has 1 aromatic carbocycles. The minimum absolute atomic E-state index is 0.268. The van der Waals surface area contributed by atoms with Crippen LogP contribution in [0.15, 0.2) is 34.8 Å². The molecule has 0 amide bonds. The molecule has 0 saturated carbocycles. The first-order chi connectivity index (χ1) is 8.42. The molecule has 18 heavy (non-hydrogen) atoms. The molecular weight excluding hydrogens is 342 g/mol. The van der Waals surface area contributed by atoms with Crippen LogP contribution in [-0.4, -0.2) is 25.2 Å². The summed E-state index contributed by atoms with van der Waals surface area (Å²) in [7, 11) is -1.16. The third-order valence-corrected chi connectivity index (χ3v) is 4.94. The molecular formula is C11H13BrClO4P. The normalized spacial score (nSPS) is 14.6. The second kappa shape index (κ2) is 6.85. The van der Waals surface area contributed by atoms with E-state index >= 15 is 0 Å². The van der Waals surface area contributed by atoms with Gasteiger partial charge in [-0.15, -0.1) is 0 Å². The van der Waals surface area contributed by atoms with E-state index in [1.807, 2.05) is 12.1 Å². The maximum absolute atomic E-state index is 11.9. The van der Waals surface area contributed by atoms with Gasteiger partial charge < -0.3 is 14.2 Å². The van der Waals surface area contributed by atoms with Gasteiger partial charge >= 0.3 is 7.60 Å². The van der Waals surface area contributed by atoms with Gasteiger partial charge in [-0.05, 0) is 23.8 Å². The highest BCUT2D eigenvalue weighted by Gasteiger charge is 2.30. The minimum atomic E-state index is -3.57. The molecule has 0 fully saturated rings. The van der Waals surface area contributed by atoms with Gasteiger partial charge in [0.1, 0.15) is 0 Å². The minimum Gasteiger partial charge on any atom is -0.377 e. The number of hydrogen-bond acceptors (Lipinski definition) is 4. The van der Waals surface area contributed by atoms with Crippen molar-refractivity contribution in [2.24, 2.45) is 0 Å². The molecule has 0 unspecified atom stereocenters. The second-order valence-electron chi connectivity index (χ2n) is 3.34. The Hall–Kier alpha value is -0.160. The molecule has 0 heterocycles. The molecule has 1 N–H and O–H groups in total. The zero-order chi connectivity index (χ0) is 13.8. The van der Waals surface area contributed by atoms with E-state index in [-0.39, 0.29) is 5.03 Å². The summed E-state index contributed by atoms with van der Waals surface area (Å²) in [5, 5.41) is 10.0. The standard InChI is InChI=1S/C11H13BrClO4P/c1-16-18(15,17-2)11(14)7-10(13)8-3-5-9(12)6-4-8/h3-7,11,14H,1-2H3/b10-7-/t11-/m1/s1. The number of aliphatic hydroxyl groups is 1. The number of rotatable bonds is 5. The van der Waals surface area contributed by atoms with E-state index in [0.717, 1.165) is 4.47 Å². The summed E-state index contributed by atoms with van der Waals surface area (Å²) in [6.07, 6.45) is 1.23. The molecule has 0 aliphatic heterocycles. The lowest BCUT2D eigenvalue weighted by molar-refractivity contribution is 0.201. The van der Waals surface area contributed by atoms with Crippen LogP contribution in [0.25, 0.3) is 5.03 Å². The second-order valence-corrected chi connectivity index (χ2v) is 7.00. The van der Waals surface area contributed by atoms with E-state index < -0.39 is 13.4 Å². The lowest BCUT2D eigenvalue weighted by Crippen LogP contribution is -2.07. The molecule has 0 bridgehead atoms. The van der Waals surface area contributed by atoms with Gasteiger partial charge in [-0.3, -0.25) is 4.57 Å². The van der Waals surface area contributed by atoms with Gasteiger partial charge in [0.15, 0.2) is 5.85 Å². The van der Waals surface area contributed by atoms with Crippen LogP contribution < -0.4 is 0 Å². The van der Waals surface area contributed by atoms with Gasteiger partial charge in [-0.2, -0.15) is 0 Å². The molecule has 1 aromatic rings. The topological polar surface area (TPSA) is 55.8 Å². The van der Waals surface area contributed by atoms with Crippen LogP contribution in [0.4, 0.5) is 0 Å². The van der Waals surface area contributed by atoms with Crippen LogP contribution in [0.3, 0.4) is 0 Å². The Bertz CT molecular complexity index is 466. The van der Waals surface area contributed by atoms with Crippen LogP contribution >= 0.6 is 35.1 Å². The fourth-order valence-electron chi connectivity index (χ4n) is 1.22. The molecule has 100 valence electrons. The van der Waals surface area contributed by atoms with Gasteiger partial charge in [0.05, 0.1) is 0 Å². The van der Waals surface area contributed by atoms with Gasteiger partial charge in [0.2, 0.25) is 0 Å². The fraction of sp³-hybridized carbons (Fsp3) is 0.273. The molecule has 0 spiro atoms. The van der Waals surface area contributed by atoms with E-state index in [0.29, 0.717) is 5.56 Å². The first-order valence-electron chi connectivity index (χ1n) is 4.95. The van der Waals surface area contributed by atoms with E-state index in [4.69, 9.17) is 11.6 Å². The summed E-state index contributed by atoms with van der Waals surface area (Å²) in [5.41, 5.74) is 0.692. The summed E-state index contributed by atoms with van der Waals surface area (Å²) >= 11 is 9.33. The third kappa shape index (κ3) is 3.92. The van der Waals surface area contributed by atoms with Gasteiger partial charge in [0.25, 0.3) is 0 Å². The van der Waals surface area contributed by atoms with Crippen LogP contribution in [0.2, 0.25) is 0 Å². The maximum atomic E-state index is 11.9. The quantitative estimate of drug-likeness (QED) is 0.816. The van der Waals surface area contributed by atoms with Crippen molar-refractivity contribution in [3.05, 3.63) is 40.4 Å². The summed E-state index contributed by atoms with van der Waals surface area (Å²) in [6, 6.07) is 7.15. The third-order valence-electron chi connectivity index (χ3n) is 2.25. The highest BCUT2D eigenvalue weighted by atomic mass is 79.9. The Morgan fingerprint density at radius 1 is 1.39 bits per heavy atom. The lowest BCUT2D eigenvalue weighted by Gasteiger charge is -2.17. The predicted molar refractivity (Wildman–Crippen MR) is 75.6 cm³/mol. The van der Waals surface area contributed by atoms with Crippen molar-refractivity contribution in [3.8, 4) is 0 Å². The van der Waals surface area contributed by atoms with Gasteiger partial charge in [-0.1, -0.05) is 39.7 Å². The molecule has 1 atom stereocenters. The molecule has 0 aliphatic rings. The van der Waals surface area contributed by atoms with E-state index in [1.54, 1.807) is 12.1 Å². The number of hydrogen-bond donors (Lipinski definition) is 1. The van der Waals surface area contributed by atoms with Crippen molar-refractivity contribution in [2.45, 2.75) is 5.85 Å². The Balaban J connectivity index is 2.96. The maximum Gasteiger partial charge on any atom is 0.362 e. The van der Waals surface area contributed by atoms with Crippen LogP contribution in [0.1, 0.15) is 5.56 Å². The Morgan fingerprint density at radius 3 is 2.33 bits per heavy atom. The highest BCUT2D eigenvalue weighted by molar-refractivity contribution is 9.10. The molecule has 0 radical (unpaired) electrons. The molecule has 0 aromatic heterocycles. The Morgan fingerprint density at radius 2 is 1.89 bits per heavy atom. The van der Waals surface area contributed by atoms with Gasteiger partial charge in [-0.25, -0.2) is 0 Å². The van der Waals surface area contributed by atoms with E-state index in [1.165, 1.54) is 20.3 Å². The van der Waals surface area contributed by atoms with Crippen molar-refractivity contribution in [2.75, 3.05) is 14.2 Å². The summed E-state index contributed by atoms with van der Waals surface area (Å²) in [5.74, 6) is -1.41. The smallest absolute Gasteiger partial charge is 0.362 e. The van der Waals surface area contributed by atoms with Crippen molar-refractivity contribution >= 4 is 40.2 Å². The predicted octanol–water partition coefficient (Wildman–Crippen LogP) is 3.83. The highest BCUT2D eigenvalue weighted by Crippen LogP contribution is 2.51. The Kier molecular flexibility index (Phi) is 6.05. The van der Waals surface area contributed by atoms with Crippen molar-refractivity contribution in [1.82, 2.24) is 0 Å². The molecule has 1 rings (SSSR count). The van der Waals surface area contributed by atoms with Gasteiger partial charge in [0, 0.05) is 23.7 Å². The fourth-order valence-corrected chi connectivity index (χ4v) is 2.73. The first-order valence-corrected chi connectivity index (χ1v) is 7.73. The van der Waals surface area contributed by atoms with Crippen molar-refractivity contribution in [3.63, 3.8) is 0 Å². The zero-order valence-electron chi connectivity index (χ0n) is 9.84. The Labute approximate surface area is 119 Å². The van der Waals surface area contributed by atoms with Crippen LogP contribution in [0, 0.1) is 0 Å². The van der Waals surface area contributed by atoms with Crippen molar-refractivity contribution < 1.29 is 18.7 Å². The van der Waals surface area contributed by atoms with Crippen molar-refractivity contribution in [1.29, 1.82) is 0 Å². The average molecular weight is 356 g/mol. The summed E-state index contributed by atoms with van der Waals surface area (Å²) in [6.45, 7) is 0. The largest absolute Gasteiger partial charge is 0.377 e. The zero-order valence-corrected chi connectivity index (χ0v) is 13.1. The van der Waals surface area contributed by atoms with Crippen LogP contribution in [-0.2, 0) is 13.6 Å². The average Bonchev–Trinajstić information content (AvgIpc) is 2.38. The summed E-state index contributed by atoms with van der Waals surface area (Å²) < 4.78 is 22.1. The first kappa shape index (κ1) is 15.9. The lowest BCUT2D eigenvalue weighted by atomic mass is 10.2. The monoisotopic (exact) mass is 354 g/mol.